The molecule has 2 aromatic heterocycles. The molecular weight excluding hydrogens is 450 g/mol. The summed E-state index contributed by atoms with van der Waals surface area (Å²) in [5, 5.41) is 12.0. The van der Waals surface area contributed by atoms with Gasteiger partial charge in [-0.3, -0.25) is 19.1 Å². The highest BCUT2D eigenvalue weighted by Crippen LogP contribution is 2.18. The van der Waals surface area contributed by atoms with Gasteiger partial charge in [0.05, 0.1) is 11.8 Å². The second-order valence-corrected chi connectivity index (χ2v) is 9.54. The molecule has 178 valence electrons. The molecule has 34 heavy (non-hydrogen) atoms. The summed E-state index contributed by atoms with van der Waals surface area (Å²) < 4.78 is 1.60. The van der Waals surface area contributed by atoms with Crippen molar-refractivity contribution in [1.29, 1.82) is 0 Å². The normalized spacial score (nSPS) is 14.1. The monoisotopic (exact) mass is 479 g/mol. The molecule has 3 heterocycles. The van der Waals surface area contributed by atoms with Crippen LogP contribution in [0.2, 0.25) is 0 Å². The Balaban J connectivity index is 1.24. The number of hydrogen-bond acceptors (Lipinski definition) is 5. The van der Waals surface area contributed by atoms with Crippen molar-refractivity contribution in [2.75, 3.05) is 18.4 Å². The topological polar surface area (TPSA) is 96.3 Å². The van der Waals surface area contributed by atoms with Crippen molar-refractivity contribution in [3.05, 3.63) is 70.2 Å². The van der Waals surface area contributed by atoms with Crippen LogP contribution in [0, 0.1) is 0 Å². The summed E-state index contributed by atoms with van der Waals surface area (Å²) in [5.74, 6) is -0.256. The highest BCUT2D eigenvalue weighted by atomic mass is 32.1. The SMILES string of the molecule is Cn1cc(C(=O)NC2CCN(C(=O)c3cccc(NC(=O)CCCc4cccs4)c3)CC2)cn1. The number of hydrogen-bond donors (Lipinski definition) is 2. The van der Waals surface area contributed by atoms with Crippen molar-refractivity contribution in [2.24, 2.45) is 7.05 Å². The molecule has 0 spiro atoms. The van der Waals surface area contributed by atoms with E-state index in [0.717, 1.165) is 12.8 Å². The largest absolute Gasteiger partial charge is 0.349 e. The average molecular weight is 480 g/mol. The van der Waals surface area contributed by atoms with E-state index in [0.29, 0.717) is 49.2 Å². The maximum absolute atomic E-state index is 13.0. The van der Waals surface area contributed by atoms with E-state index in [1.165, 1.54) is 4.88 Å². The van der Waals surface area contributed by atoms with Gasteiger partial charge in [0.15, 0.2) is 0 Å². The van der Waals surface area contributed by atoms with Gasteiger partial charge < -0.3 is 15.5 Å². The van der Waals surface area contributed by atoms with Crippen LogP contribution in [0.25, 0.3) is 0 Å². The predicted molar refractivity (Wildman–Crippen MR) is 132 cm³/mol. The Morgan fingerprint density at radius 2 is 1.94 bits per heavy atom. The smallest absolute Gasteiger partial charge is 0.254 e. The van der Waals surface area contributed by atoms with Crippen molar-refractivity contribution < 1.29 is 14.4 Å². The minimum atomic E-state index is -0.142. The van der Waals surface area contributed by atoms with Gasteiger partial charge in [-0.05, 0) is 55.3 Å². The van der Waals surface area contributed by atoms with Crippen molar-refractivity contribution >= 4 is 34.7 Å². The van der Waals surface area contributed by atoms with E-state index >= 15 is 0 Å². The Hall–Kier alpha value is -3.46. The molecule has 1 aromatic carbocycles. The van der Waals surface area contributed by atoms with Crippen LogP contribution in [0.4, 0.5) is 5.69 Å². The minimum Gasteiger partial charge on any atom is -0.349 e. The van der Waals surface area contributed by atoms with Gasteiger partial charge in [0.25, 0.3) is 11.8 Å². The van der Waals surface area contributed by atoms with E-state index in [1.807, 2.05) is 11.4 Å². The first-order chi connectivity index (χ1) is 16.5. The molecule has 1 fully saturated rings. The number of aromatic nitrogens is 2. The first-order valence-corrected chi connectivity index (χ1v) is 12.4. The van der Waals surface area contributed by atoms with Crippen LogP contribution in [-0.4, -0.2) is 51.5 Å². The van der Waals surface area contributed by atoms with Crippen molar-refractivity contribution in [3.8, 4) is 0 Å². The van der Waals surface area contributed by atoms with Gasteiger partial charge in [0.2, 0.25) is 5.91 Å². The molecule has 0 aliphatic carbocycles. The molecule has 1 aliphatic heterocycles. The number of benzene rings is 1. The first-order valence-electron chi connectivity index (χ1n) is 11.5. The lowest BCUT2D eigenvalue weighted by atomic mass is 10.0. The number of nitrogens with zero attached hydrogens (tertiary/aromatic N) is 3. The van der Waals surface area contributed by atoms with Gasteiger partial charge in [-0.15, -0.1) is 11.3 Å². The maximum atomic E-state index is 13.0. The average Bonchev–Trinajstić information content (AvgIpc) is 3.51. The molecule has 9 heteroatoms. The van der Waals surface area contributed by atoms with E-state index < -0.39 is 0 Å². The Kier molecular flexibility index (Phi) is 7.74. The third-order valence-electron chi connectivity index (χ3n) is 5.88. The lowest BCUT2D eigenvalue weighted by Gasteiger charge is -2.32. The standard InChI is InChI=1S/C25H29N5O3S/c1-29-17-19(16-26-29)24(32)28-20-10-12-30(13-11-20)25(33)18-5-2-6-21(15-18)27-23(31)9-3-7-22-8-4-14-34-22/h2,4-6,8,14-17,20H,3,7,9-13H2,1H3,(H,27,31)(H,28,32). The quantitative estimate of drug-likeness (QED) is 0.517. The van der Waals surface area contributed by atoms with Crippen molar-refractivity contribution in [3.63, 3.8) is 0 Å². The molecule has 0 unspecified atom stereocenters. The fourth-order valence-electron chi connectivity index (χ4n) is 4.05. The van der Waals surface area contributed by atoms with E-state index in [9.17, 15) is 14.4 Å². The van der Waals surface area contributed by atoms with E-state index in [-0.39, 0.29) is 23.8 Å². The second-order valence-electron chi connectivity index (χ2n) is 8.50. The molecule has 3 amide bonds. The second kappa shape index (κ2) is 11.1. The Morgan fingerprint density at radius 3 is 2.65 bits per heavy atom. The number of aryl methyl sites for hydroxylation is 2. The zero-order valence-corrected chi connectivity index (χ0v) is 20.0. The number of thiophene rings is 1. The summed E-state index contributed by atoms with van der Waals surface area (Å²) in [6, 6.07) is 11.2. The van der Waals surface area contributed by atoms with Gasteiger partial charge in [0, 0.05) is 54.9 Å². The Morgan fingerprint density at radius 1 is 1.12 bits per heavy atom. The van der Waals surface area contributed by atoms with Gasteiger partial charge in [-0.2, -0.15) is 5.10 Å². The zero-order chi connectivity index (χ0) is 23.9. The highest BCUT2D eigenvalue weighted by Gasteiger charge is 2.25. The highest BCUT2D eigenvalue weighted by molar-refractivity contribution is 7.09. The minimum absolute atomic E-state index is 0.0246. The number of anilines is 1. The van der Waals surface area contributed by atoms with Crippen LogP contribution < -0.4 is 10.6 Å². The summed E-state index contributed by atoms with van der Waals surface area (Å²) in [6.45, 7) is 1.13. The molecule has 3 aromatic rings. The van der Waals surface area contributed by atoms with Crippen LogP contribution in [0.1, 0.15) is 51.3 Å². The van der Waals surface area contributed by atoms with E-state index in [1.54, 1.807) is 64.6 Å². The molecule has 0 atom stereocenters. The van der Waals surface area contributed by atoms with Crippen LogP contribution in [0.15, 0.2) is 54.2 Å². The number of carbonyl (C=O) groups is 3. The first kappa shape index (κ1) is 23.7. The van der Waals surface area contributed by atoms with Crippen LogP contribution in [0.3, 0.4) is 0 Å². The molecule has 1 aliphatic rings. The van der Waals surface area contributed by atoms with Crippen LogP contribution in [-0.2, 0) is 18.3 Å². The summed E-state index contributed by atoms with van der Waals surface area (Å²) in [4.78, 5) is 40.7. The molecular formula is C25H29N5O3S. The van der Waals surface area contributed by atoms with Gasteiger partial charge >= 0.3 is 0 Å². The van der Waals surface area contributed by atoms with Gasteiger partial charge in [-0.1, -0.05) is 12.1 Å². The van der Waals surface area contributed by atoms with E-state index in [4.69, 9.17) is 0 Å². The third-order valence-corrected chi connectivity index (χ3v) is 6.82. The molecule has 8 nitrogen and oxygen atoms in total. The van der Waals surface area contributed by atoms with E-state index in [2.05, 4.69) is 21.8 Å². The van der Waals surface area contributed by atoms with Crippen molar-refractivity contribution in [2.45, 2.75) is 38.1 Å². The number of likely N-dealkylation sites (tertiary alicyclic amines) is 1. The summed E-state index contributed by atoms with van der Waals surface area (Å²) in [6.07, 6.45) is 6.73. The fourth-order valence-corrected chi connectivity index (χ4v) is 4.80. The lowest BCUT2D eigenvalue weighted by molar-refractivity contribution is -0.116. The lowest BCUT2D eigenvalue weighted by Crippen LogP contribution is -2.46. The molecule has 0 radical (unpaired) electrons. The molecule has 0 saturated carbocycles. The third kappa shape index (κ3) is 6.32. The van der Waals surface area contributed by atoms with Gasteiger partial charge in [-0.25, -0.2) is 0 Å². The molecule has 1 saturated heterocycles. The summed E-state index contributed by atoms with van der Waals surface area (Å²) >= 11 is 1.70. The zero-order valence-electron chi connectivity index (χ0n) is 19.2. The molecule has 2 N–H and O–H groups in total. The van der Waals surface area contributed by atoms with Crippen molar-refractivity contribution in [1.82, 2.24) is 20.0 Å². The number of nitrogens with one attached hydrogen (secondary N) is 2. The maximum Gasteiger partial charge on any atom is 0.254 e. The number of piperidine rings is 1. The van der Waals surface area contributed by atoms with Gasteiger partial charge in [0.1, 0.15) is 0 Å². The fraction of sp³-hybridized carbons (Fsp3) is 0.360. The molecule has 4 rings (SSSR count). The van der Waals surface area contributed by atoms with Crippen LogP contribution >= 0.6 is 11.3 Å². The summed E-state index contributed by atoms with van der Waals surface area (Å²) in [5.41, 5.74) is 1.71. The predicted octanol–water partition coefficient (Wildman–Crippen LogP) is 3.48. The number of carbonyl (C=O) groups excluding carboxylic acids is 3. The summed E-state index contributed by atoms with van der Waals surface area (Å²) in [7, 11) is 1.77. The number of rotatable bonds is 8. The Labute approximate surface area is 203 Å². The number of amides is 3. The van der Waals surface area contributed by atoms with Crippen LogP contribution in [0.5, 0.6) is 0 Å². The molecule has 0 bridgehead atoms. The Bertz CT molecular complexity index is 1130.